The van der Waals surface area contributed by atoms with E-state index in [-0.39, 0.29) is 6.04 Å². The zero-order valence-electron chi connectivity index (χ0n) is 7.34. The van der Waals surface area contributed by atoms with Crippen molar-refractivity contribution >= 4 is 57.5 Å². The summed E-state index contributed by atoms with van der Waals surface area (Å²) in [6, 6.07) is 3.31. The number of nitrogens with two attached hydrogens (primary N) is 1. The fourth-order valence-corrected chi connectivity index (χ4v) is 3.98. The van der Waals surface area contributed by atoms with Gasteiger partial charge in [0.2, 0.25) is 0 Å². The van der Waals surface area contributed by atoms with Gasteiger partial charge in [0, 0.05) is 10.4 Å². The Bertz CT molecular complexity index is 477. The van der Waals surface area contributed by atoms with Crippen molar-refractivity contribution in [3.05, 3.63) is 41.6 Å². The molecule has 2 rings (SSSR count). The first kappa shape index (κ1) is 11.7. The van der Waals surface area contributed by atoms with E-state index < -0.39 is 0 Å². The van der Waals surface area contributed by atoms with E-state index in [0.717, 1.165) is 10.4 Å². The molecule has 15 heavy (non-hydrogen) atoms. The summed E-state index contributed by atoms with van der Waals surface area (Å²) in [5.74, 6) is 0. The van der Waals surface area contributed by atoms with Gasteiger partial charge in [-0.25, -0.2) is 0 Å². The van der Waals surface area contributed by atoms with E-state index in [1.165, 1.54) is 22.7 Å². The Kier molecular flexibility index (Phi) is 3.60. The summed E-state index contributed by atoms with van der Waals surface area (Å²) >= 11 is 20.7. The van der Waals surface area contributed by atoms with Crippen LogP contribution in [0.4, 0.5) is 0 Å². The minimum atomic E-state index is -0.297. The molecule has 0 aliphatic carbocycles. The van der Waals surface area contributed by atoms with Crippen molar-refractivity contribution in [1.82, 2.24) is 0 Å². The van der Waals surface area contributed by atoms with E-state index in [1.54, 1.807) is 6.07 Å². The van der Waals surface area contributed by atoms with Gasteiger partial charge in [0.15, 0.2) is 0 Å². The normalized spacial score (nSPS) is 13.1. The van der Waals surface area contributed by atoms with Gasteiger partial charge in [0.1, 0.15) is 0 Å². The molecule has 0 amide bonds. The van der Waals surface area contributed by atoms with Crippen molar-refractivity contribution < 1.29 is 0 Å². The Hall–Kier alpha value is 0.230. The average molecular weight is 299 g/mol. The predicted molar refractivity (Wildman–Crippen MR) is 69.7 cm³/mol. The Morgan fingerprint density at radius 3 is 2.47 bits per heavy atom. The van der Waals surface area contributed by atoms with Gasteiger partial charge in [-0.05, 0) is 17.5 Å². The van der Waals surface area contributed by atoms with Gasteiger partial charge in [-0.3, -0.25) is 0 Å². The zero-order chi connectivity index (χ0) is 11.0. The van der Waals surface area contributed by atoms with Crippen LogP contribution in [0.5, 0.6) is 0 Å². The molecule has 1 nitrogen and oxygen atoms in total. The molecule has 0 aliphatic rings. The molecule has 2 aromatic rings. The second-order valence-corrected chi connectivity index (χ2v) is 6.53. The average Bonchev–Trinajstić information content (AvgIpc) is 2.71. The van der Waals surface area contributed by atoms with Crippen LogP contribution in [-0.4, -0.2) is 0 Å². The van der Waals surface area contributed by atoms with Crippen LogP contribution in [0.3, 0.4) is 0 Å². The van der Waals surface area contributed by atoms with E-state index in [9.17, 15) is 0 Å². The Labute approximate surface area is 110 Å². The van der Waals surface area contributed by atoms with Gasteiger partial charge in [-0.15, -0.1) is 22.7 Å². The summed E-state index contributed by atoms with van der Waals surface area (Å²) in [7, 11) is 0. The van der Waals surface area contributed by atoms with Crippen molar-refractivity contribution in [2.45, 2.75) is 6.04 Å². The standard InChI is InChI=1S/C9H6Cl3NS2/c10-5-1-2-14-8(5)7(13)4-3-6(11)15-9(4)12/h1-3,7H,13H2. The highest BCUT2D eigenvalue weighted by Crippen LogP contribution is 2.39. The molecule has 0 saturated carbocycles. The molecule has 2 N–H and O–H groups in total. The molecule has 0 aliphatic heterocycles. The number of halogens is 3. The fraction of sp³-hybridized carbons (Fsp3) is 0.111. The van der Waals surface area contributed by atoms with Crippen LogP contribution >= 0.6 is 57.5 Å². The Morgan fingerprint density at radius 2 is 2.00 bits per heavy atom. The molecule has 1 unspecified atom stereocenters. The molecule has 0 aromatic carbocycles. The highest BCUT2D eigenvalue weighted by atomic mass is 35.5. The van der Waals surface area contributed by atoms with Crippen LogP contribution in [0.1, 0.15) is 16.5 Å². The van der Waals surface area contributed by atoms with Gasteiger partial charge >= 0.3 is 0 Å². The van der Waals surface area contributed by atoms with Crippen LogP contribution in [0.25, 0.3) is 0 Å². The lowest BCUT2D eigenvalue weighted by Gasteiger charge is -2.08. The largest absolute Gasteiger partial charge is 0.319 e. The van der Waals surface area contributed by atoms with Gasteiger partial charge in [-0.2, -0.15) is 0 Å². The zero-order valence-corrected chi connectivity index (χ0v) is 11.2. The van der Waals surface area contributed by atoms with Crippen LogP contribution in [0.15, 0.2) is 17.5 Å². The molecule has 1 atom stereocenters. The Morgan fingerprint density at radius 1 is 1.27 bits per heavy atom. The third-order valence-electron chi connectivity index (χ3n) is 1.95. The third kappa shape index (κ3) is 2.33. The molecule has 0 bridgehead atoms. The molecule has 0 fully saturated rings. The maximum atomic E-state index is 6.07. The van der Waals surface area contributed by atoms with Crippen molar-refractivity contribution in [1.29, 1.82) is 0 Å². The minimum Gasteiger partial charge on any atom is -0.319 e. The molecule has 0 radical (unpaired) electrons. The topological polar surface area (TPSA) is 26.0 Å². The Balaban J connectivity index is 2.40. The van der Waals surface area contributed by atoms with Crippen LogP contribution < -0.4 is 5.73 Å². The first-order valence-corrected chi connectivity index (χ1v) is 6.86. The first-order chi connectivity index (χ1) is 7.09. The molecule has 80 valence electrons. The van der Waals surface area contributed by atoms with E-state index in [4.69, 9.17) is 40.5 Å². The van der Waals surface area contributed by atoms with Crippen molar-refractivity contribution in [3.8, 4) is 0 Å². The molecule has 2 aromatic heterocycles. The summed E-state index contributed by atoms with van der Waals surface area (Å²) in [5, 5.41) is 2.57. The lowest BCUT2D eigenvalue weighted by molar-refractivity contribution is 0.900. The van der Waals surface area contributed by atoms with Crippen LogP contribution in [0.2, 0.25) is 13.7 Å². The molecular formula is C9H6Cl3NS2. The lowest BCUT2D eigenvalue weighted by atomic mass is 10.1. The highest BCUT2D eigenvalue weighted by molar-refractivity contribution is 7.20. The molecule has 0 spiro atoms. The van der Waals surface area contributed by atoms with E-state index >= 15 is 0 Å². The van der Waals surface area contributed by atoms with Crippen molar-refractivity contribution in [2.75, 3.05) is 0 Å². The van der Waals surface area contributed by atoms with E-state index in [1.807, 2.05) is 11.4 Å². The SMILES string of the molecule is NC(c1cc(Cl)sc1Cl)c1sccc1Cl. The quantitative estimate of drug-likeness (QED) is 0.845. The van der Waals surface area contributed by atoms with Crippen molar-refractivity contribution in [3.63, 3.8) is 0 Å². The summed E-state index contributed by atoms with van der Waals surface area (Å²) in [5.41, 5.74) is 6.89. The first-order valence-electron chi connectivity index (χ1n) is 4.03. The lowest BCUT2D eigenvalue weighted by Crippen LogP contribution is -2.09. The highest BCUT2D eigenvalue weighted by Gasteiger charge is 2.18. The van der Waals surface area contributed by atoms with Gasteiger partial charge in [-0.1, -0.05) is 34.8 Å². The van der Waals surface area contributed by atoms with Gasteiger partial charge < -0.3 is 5.73 Å². The summed E-state index contributed by atoms with van der Waals surface area (Å²) in [4.78, 5) is 0.910. The van der Waals surface area contributed by atoms with Crippen LogP contribution in [-0.2, 0) is 0 Å². The summed E-state index contributed by atoms with van der Waals surface area (Å²) in [6.07, 6.45) is 0. The number of hydrogen-bond acceptors (Lipinski definition) is 3. The van der Waals surface area contributed by atoms with Crippen molar-refractivity contribution in [2.24, 2.45) is 5.73 Å². The number of hydrogen-bond donors (Lipinski definition) is 1. The second kappa shape index (κ2) is 4.62. The molecule has 6 heteroatoms. The second-order valence-electron chi connectivity index (χ2n) is 2.89. The van der Waals surface area contributed by atoms with Gasteiger partial charge in [0.05, 0.1) is 19.7 Å². The smallest absolute Gasteiger partial charge is 0.0995 e. The number of thiophene rings is 2. The van der Waals surface area contributed by atoms with Gasteiger partial charge in [0.25, 0.3) is 0 Å². The fourth-order valence-electron chi connectivity index (χ4n) is 1.23. The van der Waals surface area contributed by atoms with Crippen LogP contribution in [0, 0.1) is 0 Å². The van der Waals surface area contributed by atoms with E-state index in [0.29, 0.717) is 13.7 Å². The minimum absolute atomic E-state index is 0.297. The number of rotatable bonds is 2. The molecule has 0 saturated heterocycles. The molecule has 2 heterocycles. The monoisotopic (exact) mass is 297 g/mol. The molecular weight excluding hydrogens is 293 g/mol. The third-order valence-corrected chi connectivity index (χ3v) is 4.90. The predicted octanol–water partition coefficient (Wildman–Crippen LogP) is 4.82. The van der Waals surface area contributed by atoms with E-state index in [2.05, 4.69) is 0 Å². The maximum absolute atomic E-state index is 6.07. The summed E-state index contributed by atoms with van der Waals surface area (Å²) < 4.78 is 1.26. The summed E-state index contributed by atoms with van der Waals surface area (Å²) in [6.45, 7) is 0. The maximum Gasteiger partial charge on any atom is 0.0995 e.